The molecule has 0 radical (unpaired) electrons. The molecule has 4 aromatic rings. The Hall–Kier alpha value is -3.42. The van der Waals surface area contributed by atoms with Crippen LogP contribution in [0, 0.1) is 5.92 Å². The molecule has 1 aliphatic heterocycles. The molecule has 1 saturated heterocycles. The average molecular weight is 492 g/mol. The maximum Gasteiger partial charge on any atom is 0.195 e. The summed E-state index contributed by atoms with van der Waals surface area (Å²) in [6.45, 7) is 2.67. The van der Waals surface area contributed by atoms with Gasteiger partial charge in [0.05, 0.1) is 6.67 Å². The number of nitrogens with zero attached hydrogens (tertiary/aromatic N) is 1. The van der Waals surface area contributed by atoms with E-state index in [2.05, 4.69) is 4.90 Å². The Morgan fingerprint density at radius 3 is 2.49 bits per heavy atom. The molecule has 3 aromatic carbocycles. The summed E-state index contributed by atoms with van der Waals surface area (Å²) in [7, 11) is 0. The van der Waals surface area contributed by atoms with Gasteiger partial charge < -0.3 is 14.9 Å². The van der Waals surface area contributed by atoms with Crippen molar-refractivity contribution in [3.8, 4) is 27.7 Å². The van der Waals surface area contributed by atoms with E-state index in [0.717, 1.165) is 41.2 Å². The summed E-state index contributed by atoms with van der Waals surface area (Å²) in [6, 6.07) is 18.9. The van der Waals surface area contributed by atoms with Crippen LogP contribution in [0.5, 0.6) is 17.2 Å². The summed E-state index contributed by atoms with van der Waals surface area (Å²) in [6.07, 6.45) is 0.897. The first kappa shape index (κ1) is 23.3. The second-order valence-corrected chi connectivity index (χ2v) is 9.90. The number of halogens is 1. The van der Waals surface area contributed by atoms with Crippen molar-refractivity contribution in [1.29, 1.82) is 0 Å². The maximum absolute atomic E-state index is 13.6. The fraction of sp³-hybridized carbons (Fsp3) is 0.250. The van der Waals surface area contributed by atoms with E-state index >= 15 is 0 Å². The predicted octanol–water partition coefficient (Wildman–Crippen LogP) is 5.88. The van der Waals surface area contributed by atoms with Crippen molar-refractivity contribution in [2.24, 2.45) is 5.92 Å². The van der Waals surface area contributed by atoms with Crippen molar-refractivity contribution in [2.75, 3.05) is 32.9 Å². The highest BCUT2D eigenvalue weighted by atomic mass is 32.1. The fourth-order valence-corrected chi connectivity index (χ4v) is 5.69. The van der Waals surface area contributed by atoms with E-state index in [1.807, 2.05) is 6.07 Å². The standard InChI is InChI=1S/C28H26FNO4S/c29-16-18-11-12-30(17-18)13-14-34-23-8-3-19(4-9-23)27(33)26-24-15-22(32)7-10-25(24)35-28(26)20-1-5-21(31)6-2-20/h1-10,15,18,31-32H,11-14,16-17H2/t18-/m0/s1. The van der Waals surface area contributed by atoms with Gasteiger partial charge in [0.15, 0.2) is 5.78 Å². The lowest BCUT2D eigenvalue weighted by molar-refractivity contribution is 0.104. The molecule has 0 aliphatic carbocycles. The number of fused-ring (bicyclic) bond motifs is 1. The first-order valence-electron chi connectivity index (χ1n) is 11.6. The Bertz CT molecular complexity index is 1330. The van der Waals surface area contributed by atoms with Crippen LogP contribution < -0.4 is 4.74 Å². The number of thiophene rings is 1. The molecule has 0 bridgehead atoms. The molecular weight excluding hydrogens is 465 g/mol. The van der Waals surface area contributed by atoms with Crippen molar-refractivity contribution in [3.63, 3.8) is 0 Å². The van der Waals surface area contributed by atoms with Crippen LogP contribution in [-0.2, 0) is 0 Å². The van der Waals surface area contributed by atoms with Gasteiger partial charge in [0.25, 0.3) is 0 Å². The van der Waals surface area contributed by atoms with Crippen LogP contribution in [0.3, 0.4) is 0 Å². The van der Waals surface area contributed by atoms with Crippen LogP contribution in [0.2, 0.25) is 0 Å². The summed E-state index contributed by atoms with van der Waals surface area (Å²) >= 11 is 1.48. The molecule has 1 atom stereocenters. The number of alkyl halides is 1. The number of carbonyl (C=O) groups excluding carboxylic acids is 1. The van der Waals surface area contributed by atoms with E-state index in [4.69, 9.17) is 4.74 Å². The number of benzene rings is 3. The first-order chi connectivity index (χ1) is 17.0. The Balaban J connectivity index is 1.36. The van der Waals surface area contributed by atoms with Crippen LogP contribution in [-0.4, -0.2) is 53.8 Å². The highest BCUT2D eigenvalue weighted by Gasteiger charge is 2.23. The Kier molecular flexibility index (Phi) is 6.70. The molecule has 0 saturated carbocycles. The molecular formula is C28H26FNO4S. The van der Waals surface area contributed by atoms with E-state index in [0.29, 0.717) is 28.9 Å². The van der Waals surface area contributed by atoms with Gasteiger partial charge in [-0.15, -0.1) is 11.3 Å². The second-order valence-electron chi connectivity index (χ2n) is 8.85. The topological polar surface area (TPSA) is 70.0 Å². The monoisotopic (exact) mass is 491 g/mol. The summed E-state index contributed by atoms with van der Waals surface area (Å²) in [5, 5.41) is 20.4. The fourth-order valence-electron chi connectivity index (χ4n) is 4.51. The van der Waals surface area contributed by atoms with E-state index in [-0.39, 0.29) is 29.9 Å². The van der Waals surface area contributed by atoms with E-state index in [1.54, 1.807) is 60.7 Å². The van der Waals surface area contributed by atoms with Crippen molar-refractivity contribution in [1.82, 2.24) is 4.90 Å². The minimum atomic E-state index is -0.264. The van der Waals surface area contributed by atoms with Crippen LogP contribution in [0.25, 0.3) is 20.5 Å². The number of phenols is 2. The van der Waals surface area contributed by atoms with Crippen molar-refractivity contribution in [2.45, 2.75) is 6.42 Å². The first-order valence-corrected chi connectivity index (χ1v) is 12.4. The summed E-state index contributed by atoms with van der Waals surface area (Å²) in [5.74, 6) is 0.922. The van der Waals surface area contributed by atoms with Gasteiger partial charge in [-0.3, -0.25) is 14.1 Å². The molecule has 2 heterocycles. The Morgan fingerprint density at radius 1 is 1.03 bits per heavy atom. The summed E-state index contributed by atoms with van der Waals surface area (Å²) < 4.78 is 19.5. The van der Waals surface area contributed by atoms with Crippen molar-refractivity contribution < 1.29 is 24.1 Å². The SMILES string of the molecule is O=C(c1ccc(OCCN2CC[C@@H](CF)C2)cc1)c1c(-c2ccc(O)cc2)sc2ccc(O)cc12. The number of rotatable bonds is 8. The third-order valence-electron chi connectivity index (χ3n) is 6.41. The lowest BCUT2D eigenvalue weighted by Crippen LogP contribution is -2.26. The van der Waals surface area contributed by atoms with Crippen LogP contribution >= 0.6 is 11.3 Å². The largest absolute Gasteiger partial charge is 0.508 e. The third-order valence-corrected chi connectivity index (χ3v) is 7.63. The number of hydrogen-bond donors (Lipinski definition) is 2. The number of phenolic OH excluding ortho intramolecular Hbond substituents is 2. The van der Waals surface area contributed by atoms with Crippen molar-refractivity contribution in [3.05, 3.63) is 77.9 Å². The minimum absolute atomic E-state index is 0.0983. The predicted molar refractivity (Wildman–Crippen MR) is 136 cm³/mol. The summed E-state index contributed by atoms with van der Waals surface area (Å²) in [4.78, 5) is 16.6. The van der Waals surface area contributed by atoms with Crippen LogP contribution in [0.15, 0.2) is 66.7 Å². The number of hydrogen-bond acceptors (Lipinski definition) is 6. The maximum atomic E-state index is 13.6. The molecule has 5 rings (SSSR count). The summed E-state index contributed by atoms with van der Waals surface area (Å²) in [5.41, 5.74) is 1.87. The normalized spacial score (nSPS) is 16.1. The molecule has 5 nitrogen and oxygen atoms in total. The molecule has 35 heavy (non-hydrogen) atoms. The molecule has 1 fully saturated rings. The molecule has 1 aliphatic rings. The number of likely N-dealkylation sites (tertiary alicyclic amines) is 1. The second kappa shape index (κ2) is 10.1. The molecule has 0 unspecified atom stereocenters. The lowest BCUT2D eigenvalue weighted by Gasteiger charge is -2.15. The number of ether oxygens (including phenoxy) is 1. The van der Waals surface area contributed by atoms with Gasteiger partial charge in [-0.2, -0.15) is 0 Å². The quantitative estimate of drug-likeness (QED) is 0.301. The Labute approximate surface area is 207 Å². The zero-order valence-corrected chi connectivity index (χ0v) is 19.9. The minimum Gasteiger partial charge on any atom is -0.508 e. The van der Waals surface area contributed by atoms with Gasteiger partial charge in [0.1, 0.15) is 23.9 Å². The van der Waals surface area contributed by atoms with E-state index in [9.17, 15) is 19.4 Å². The molecule has 1 aromatic heterocycles. The zero-order valence-electron chi connectivity index (χ0n) is 19.1. The van der Waals surface area contributed by atoms with Crippen LogP contribution in [0.4, 0.5) is 4.39 Å². The molecule has 0 spiro atoms. The molecule has 0 amide bonds. The van der Waals surface area contributed by atoms with Gasteiger partial charge >= 0.3 is 0 Å². The molecule has 7 heteroatoms. The van der Waals surface area contributed by atoms with E-state index < -0.39 is 0 Å². The van der Waals surface area contributed by atoms with Gasteiger partial charge in [-0.25, -0.2) is 0 Å². The van der Waals surface area contributed by atoms with E-state index in [1.165, 1.54) is 11.3 Å². The number of aromatic hydroxyl groups is 2. The third kappa shape index (κ3) is 5.01. The van der Waals surface area contributed by atoms with Gasteiger partial charge in [0, 0.05) is 45.1 Å². The highest BCUT2D eigenvalue weighted by Crippen LogP contribution is 2.41. The molecule has 2 N–H and O–H groups in total. The van der Waals surface area contributed by atoms with Gasteiger partial charge in [0.2, 0.25) is 0 Å². The average Bonchev–Trinajstić information content (AvgIpc) is 3.49. The highest BCUT2D eigenvalue weighted by molar-refractivity contribution is 7.22. The van der Waals surface area contributed by atoms with Gasteiger partial charge in [-0.1, -0.05) is 0 Å². The Morgan fingerprint density at radius 2 is 1.77 bits per heavy atom. The van der Waals surface area contributed by atoms with Gasteiger partial charge in [-0.05, 0) is 85.3 Å². The zero-order chi connectivity index (χ0) is 24.4. The number of ketones is 1. The number of carbonyl (C=O) groups is 1. The van der Waals surface area contributed by atoms with Crippen LogP contribution in [0.1, 0.15) is 22.3 Å². The smallest absolute Gasteiger partial charge is 0.195 e. The lowest BCUT2D eigenvalue weighted by atomic mass is 9.97. The molecule has 180 valence electrons. The van der Waals surface area contributed by atoms with Crippen molar-refractivity contribution >= 4 is 27.2 Å².